The van der Waals surface area contributed by atoms with Gasteiger partial charge in [0.1, 0.15) is 0 Å². The van der Waals surface area contributed by atoms with Gasteiger partial charge in [0.25, 0.3) is 0 Å². The third-order valence-corrected chi connectivity index (χ3v) is 6.91. The highest BCUT2D eigenvalue weighted by Gasteiger charge is 2.33. The van der Waals surface area contributed by atoms with Crippen LogP contribution in [-0.4, -0.2) is 29.1 Å². The van der Waals surface area contributed by atoms with Crippen LogP contribution in [0.2, 0.25) is 0 Å². The number of hydrogen-bond donors (Lipinski definition) is 2. The van der Waals surface area contributed by atoms with Crippen molar-refractivity contribution < 1.29 is 0 Å². The first-order valence-corrected chi connectivity index (χ1v) is 9.73. The van der Waals surface area contributed by atoms with E-state index in [0.717, 1.165) is 43.7 Å². The molecule has 1 unspecified atom stereocenters. The summed E-state index contributed by atoms with van der Waals surface area (Å²) in [4.78, 5) is 13.0. The van der Waals surface area contributed by atoms with Crippen molar-refractivity contribution >= 4 is 45.7 Å². The molecule has 0 aromatic carbocycles. The number of halogens is 1. The molecule has 0 saturated carbocycles. The highest BCUT2D eigenvalue weighted by molar-refractivity contribution is 7.19. The first-order chi connectivity index (χ1) is 11.3. The van der Waals surface area contributed by atoms with Crippen LogP contribution in [0.15, 0.2) is 0 Å². The molecule has 138 valence electrons. The summed E-state index contributed by atoms with van der Waals surface area (Å²) in [6.45, 7) is 8.85. The van der Waals surface area contributed by atoms with E-state index in [9.17, 15) is 0 Å². The van der Waals surface area contributed by atoms with Crippen molar-refractivity contribution in [2.45, 2.75) is 52.5 Å². The minimum atomic E-state index is 0. The van der Waals surface area contributed by atoms with Crippen molar-refractivity contribution in [2.75, 3.05) is 23.7 Å². The number of aromatic nitrogens is 2. The molecular weight excluding hydrogens is 354 g/mol. The zero-order chi connectivity index (χ0) is 17.1. The van der Waals surface area contributed by atoms with Crippen LogP contribution in [0.1, 0.15) is 44.1 Å². The van der Waals surface area contributed by atoms with Crippen LogP contribution in [0, 0.1) is 11.3 Å². The lowest BCUT2D eigenvalue weighted by atomic mass is 9.72. The SMILES string of the molecule is CC(C)(C)C1CCc2sc3c(N4CC[C@H](N)C4)nc(N)nc3c2C1.Cl. The molecule has 7 heteroatoms. The van der Waals surface area contributed by atoms with Gasteiger partial charge in [0.05, 0.1) is 10.2 Å². The molecule has 1 fully saturated rings. The highest BCUT2D eigenvalue weighted by Crippen LogP contribution is 2.45. The molecule has 4 N–H and O–H groups in total. The molecule has 1 aliphatic carbocycles. The molecule has 25 heavy (non-hydrogen) atoms. The second kappa shape index (κ2) is 6.56. The Labute approximate surface area is 159 Å². The van der Waals surface area contributed by atoms with Crippen LogP contribution in [0.3, 0.4) is 0 Å². The molecule has 0 bridgehead atoms. The zero-order valence-electron chi connectivity index (χ0n) is 15.2. The topological polar surface area (TPSA) is 81.1 Å². The molecule has 3 heterocycles. The third kappa shape index (κ3) is 3.32. The van der Waals surface area contributed by atoms with Crippen LogP contribution < -0.4 is 16.4 Å². The lowest BCUT2D eigenvalue weighted by molar-refractivity contribution is 0.217. The number of anilines is 2. The summed E-state index contributed by atoms with van der Waals surface area (Å²) in [5.74, 6) is 2.08. The second-order valence-corrected chi connectivity index (χ2v) is 9.49. The Balaban J connectivity index is 0.00000182. The fraction of sp³-hybridized carbons (Fsp3) is 0.667. The first kappa shape index (κ1) is 18.7. The van der Waals surface area contributed by atoms with E-state index < -0.39 is 0 Å². The van der Waals surface area contributed by atoms with Crippen molar-refractivity contribution in [3.05, 3.63) is 10.4 Å². The lowest BCUT2D eigenvalue weighted by Crippen LogP contribution is -2.27. The average molecular weight is 382 g/mol. The number of hydrogen-bond acceptors (Lipinski definition) is 6. The van der Waals surface area contributed by atoms with E-state index in [1.54, 1.807) is 0 Å². The quantitative estimate of drug-likeness (QED) is 0.791. The molecule has 0 radical (unpaired) electrons. The van der Waals surface area contributed by atoms with Crippen LogP contribution in [0.4, 0.5) is 11.8 Å². The van der Waals surface area contributed by atoms with E-state index in [2.05, 4.69) is 35.6 Å². The standard InChI is InChI=1S/C18H27N5S.ClH/c1-18(2,3)10-4-5-13-12(8-10)14-15(24-13)16(22-17(20)21-14)23-7-6-11(19)9-23;/h10-11H,4-9,19H2,1-3H3,(H2,20,21,22);1H/t10?,11-;/m0./s1. The molecule has 2 atom stereocenters. The van der Waals surface area contributed by atoms with Crippen LogP contribution in [-0.2, 0) is 12.8 Å². The van der Waals surface area contributed by atoms with Crippen LogP contribution >= 0.6 is 23.7 Å². The van der Waals surface area contributed by atoms with E-state index >= 15 is 0 Å². The van der Waals surface area contributed by atoms with E-state index in [-0.39, 0.29) is 18.4 Å². The van der Waals surface area contributed by atoms with Crippen LogP contribution in [0.25, 0.3) is 10.2 Å². The minimum absolute atomic E-state index is 0. The lowest BCUT2D eigenvalue weighted by Gasteiger charge is -2.33. The Kier molecular flexibility index (Phi) is 4.90. The first-order valence-electron chi connectivity index (χ1n) is 8.91. The summed E-state index contributed by atoms with van der Waals surface area (Å²) in [7, 11) is 0. The molecule has 5 nitrogen and oxygen atoms in total. The maximum Gasteiger partial charge on any atom is 0.222 e. The number of thiophene rings is 1. The predicted molar refractivity (Wildman–Crippen MR) is 109 cm³/mol. The van der Waals surface area contributed by atoms with Crippen molar-refractivity contribution in [1.29, 1.82) is 0 Å². The molecular formula is C18H28ClN5S. The summed E-state index contributed by atoms with van der Waals surface area (Å²) < 4.78 is 1.21. The minimum Gasteiger partial charge on any atom is -0.368 e. The van der Waals surface area contributed by atoms with Gasteiger partial charge in [0.15, 0.2) is 5.82 Å². The number of nitrogens with zero attached hydrogens (tertiary/aromatic N) is 3. The Morgan fingerprint density at radius 1 is 1.20 bits per heavy atom. The molecule has 1 saturated heterocycles. The highest BCUT2D eigenvalue weighted by atomic mass is 35.5. The summed E-state index contributed by atoms with van der Waals surface area (Å²) in [5, 5.41) is 0. The van der Waals surface area contributed by atoms with Gasteiger partial charge in [-0.15, -0.1) is 23.7 Å². The van der Waals surface area contributed by atoms with E-state index in [1.165, 1.54) is 21.6 Å². The van der Waals surface area contributed by atoms with Gasteiger partial charge in [0.2, 0.25) is 5.95 Å². The zero-order valence-corrected chi connectivity index (χ0v) is 16.8. The number of nitrogen functional groups attached to an aromatic ring is 1. The van der Waals surface area contributed by atoms with E-state index in [4.69, 9.17) is 11.5 Å². The fourth-order valence-electron chi connectivity index (χ4n) is 4.07. The Morgan fingerprint density at radius 3 is 2.60 bits per heavy atom. The summed E-state index contributed by atoms with van der Waals surface area (Å²) >= 11 is 1.87. The number of rotatable bonds is 1. The van der Waals surface area contributed by atoms with Gasteiger partial charge >= 0.3 is 0 Å². The normalized spacial score (nSPS) is 23.6. The Hall–Kier alpha value is -1.11. The molecule has 1 aliphatic heterocycles. The van der Waals surface area contributed by atoms with Crippen LogP contribution in [0.5, 0.6) is 0 Å². The molecule has 0 amide bonds. The maximum absolute atomic E-state index is 6.10. The summed E-state index contributed by atoms with van der Waals surface area (Å²) in [6, 6.07) is 0.232. The van der Waals surface area contributed by atoms with Crippen molar-refractivity contribution in [3.63, 3.8) is 0 Å². The Morgan fingerprint density at radius 2 is 1.96 bits per heavy atom. The molecule has 0 spiro atoms. The number of aryl methyl sites for hydroxylation is 1. The largest absolute Gasteiger partial charge is 0.368 e. The number of fused-ring (bicyclic) bond motifs is 3. The molecule has 2 aliphatic rings. The monoisotopic (exact) mass is 381 g/mol. The van der Waals surface area contributed by atoms with Gasteiger partial charge in [0, 0.05) is 24.0 Å². The van der Waals surface area contributed by atoms with Gasteiger partial charge in [-0.05, 0) is 42.6 Å². The summed E-state index contributed by atoms with van der Waals surface area (Å²) in [6.07, 6.45) is 4.53. The second-order valence-electron chi connectivity index (χ2n) is 8.39. The van der Waals surface area contributed by atoms with Crippen molar-refractivity contribution in [2.24, 2.45) is 17.1 Å². The third-order valence-electron chi connectivity index (χ3n) is 5.63. The summed E-state index contributed by atoms with van der Waals surface area (Å²) in [5.41, 5.74) is 15.0. The molecule has 2 aromatic rings. The predicted octanol–water partition coefficient (Wildman–Crippen LogP) is 3.38. The van der Waals surface area contributed by atoms with Crippen molar-refractivity contribution in [1.82, 2.24) is 9.97 Å². The van der Waals surface area contributed by atoms with Gasteiger partial charge in [-0.3, -0.25) is 0 Å². The van der Waals surface area contributed by atoms with Gasteiger partial charge in [-0.1, -0.05) is 20.8 Å². The van der Waals surface area contributed by atoms with Gasteiger partial charge in [-0.25, -0.2) is 4.98 Å². The molecule has 4 rings (SSSR count). The van der Waals surface area contributed by atoms with Gasteiger partial charge < -0.3 is 16.4 Å². The number of nitrogens with two attached hydrogens (primary N) is 2. The average Bonchev–Trinajstić information content (AvgIpc) is 3.09. The van der Waals surface area contributed by atoms with E-state index in [0.29, 0.717) is 17.3 Å². The molecule has 2 aromatic heterocycles. The Bertz CT molecular complexity index is 782. The van der Waals surface area contributed by atoms with Crippen molar-refractivity contribution in [3.8, 4) is 0 Å². The smallest absolute Gasteiger partial charge is 0.222 e. The fourth-order valence-corrected chi connectivity index (χ4v) is 5.37. The van der Waals surface area contributed by atoms with Gasteiger partial charge in [-0.2, -0.15) is 4.98 Å². The maximum atomic E-state index is 6.10. The van der Waals surface area contributed by atoms with E-state index in [1.807, 2.05) is 11.3 Å².